The highest BCUT2D eigenvalue weighted by atomic mass is 79.9. The monoisotopic (exact) mass is 338 g/mol. The summed E-state index contributed by atoms with van der Waals surface area (Å²) in [4.78, 5) is 0. The van der Waals surface area contributed by atoms with Gasteiger partial charge in [-0.2, -0.15) is 0 Å². The van der Waals surface area contributed by atoms with Gasteiger partial charge in [-0.25, -0.2) is 4.39 Å². The average molecular weight is 339 g/mol. The summed E-state index contributed by atoms with van der Waals surface area (Å²) < 4.78 is 15.0. The molecule has 4 bridgehead atoms. The van der Waals surface area contributed by atoms with Crippen molar-refractivity contribution in [2.24, 2.45) is 23.2 Å². The Kier molecular flexibility index (Phi) is 3.01. The predicted octanol–water partition coefficient (Wildman–Crippen LogP) is 4.84. The van der Waals surface area contributed by atoms with E-state index < -0.39 is 6.10 Å². The molecule has 4 fully saturated rings. The molecule has 1 atom stereocenters. The van der Waals surface area contributed by atoms with Crippen molar-refractivity contribution in [3.05, 3.63) is 34.1 Å². The standard InChI is InChI=1S/C17H20BrFO/c18-13-1-2-15(19)14(6-13)16(20)17-7-10-3-11(8-17)5-12(4-10)9-17/h1-2,6,10-12,16,20H,3-5,7-9H2. The molecule has 0 saturated heterocycles. The van der Waals surface area contributed by atoms with Crippen LogP contribution in [-0.2, 0) is 0 Å². The molecule has 0 amide bonds. The molecule has 1 aromatic rings. The molecule has 1 N–H and O–H groups in total. The van der Waals surface area contributed by atoms with Crippen LogP contribution in [0.2, 0.25) is 0 Å². The fourth-order valence-electron chi connectivity index (χ4n) is 5.57. The molecule has 1 unspecified atom stereocenters. The van der Waals surface area contributed by atoms with Gasteiger partial charge in [0.15, 0.2) is 0 Å². The van der Waals surface area contributed by atoms with E-state index in [0.29, 0.717) is 5.56 Å². The molecule has 0 aromatic heterocycles. The number of aliphatic hydroxyl groups is 1. The first-order valence-corrected chi connectivity index (χ1v) is 8.48. The summed E-state index contributed by atoms with van der Waals surface area (Å²) >= 11 is 3.40. The van der Waals surface area contributed by atoms with Crippen molar-refractivity contribution >= 4 is 15.9 Å². The van der Waals surface area contributed by atoms with Crippen molar-refractivity contribution in [1.29, 1.82) is 0 Å². The second kappa shape index (κ2) is 4.54. The molecule has 0 aliphatic heterocycles. The number of halogens is 2. The normalized spacial score (nSPS) is 40.0. The van der Waals surface area contributed by atoms with E-state index in [0.717, 1.165) is 41.5 Å². The van der Waals surface area contributed by atoms with E-state index in [1.807, 2.05) is 0 Å². The summed E-state index contributed by atoms with van der Waals surface area (Å²) in [6, 6.07) is 4.92. The number of hydrogen-bond acceptors (Lipinski definition) is 1. The van der Waals surface area contributed by atoms with Crippen molar-refractivity contribution in [3.63, 3.8) is 0 Å². The van der Waals surface area contributed by atoms with Crippen LogP contribution in [0.1, 0.15) is 50.2 Å². The Morgan fingerprint density at radius 3 is 2.20 bits per heavy atom. The van der Waals surface area contributed by atoms with Gasteiger partial charge in [-0.1, -0.05) is 15.9 Å². The highest BCUT2D eigenvalue weighted by Crippen LogP contribution is 2.64. The first kappa shape index (κ1) is 13.3. The van der Waals surface area contributed by atoms with E-state index in [1.165, 1.54) is 25.3 Å². The Morgan fingerprint density at radius 1 is 1.10 bits per heavy atom. The van der Waals surface area contributed by atoms with E-state index >= 15 is 0 Å². The van der Waals surface area contributed by atoms with Gasteiger partial charge < -0.3 is 5.11 Å². The van der Waals surface area contributed by atoms with Crippen LogP contribution in [0.3, 0.4) is 0 Å². The molecule has 1 aromatic carbocycles. The van der Waals surface area contributed by atoms with Crippen molar-refractivity contribution in [2.75, 3.05) is 0 Å². The molecular weight excluding hydrogens is 319 g/mol. The maximum absolute atomic E-state index is 14.1. The predicted molar refractivity (Wildman–Crippen MR) is 79.7 cm³/mol. The molecule has 4 aliphatic carbocycles. The van der Waals surface area contributed by atoms with Crippen LogP contribution in [0.15, 0.2) is 22.7 Å². The summed E-state index contributed by atoms with van der Waals surface area (Å²) in [6.07, 6.45) is 6.64. The number of rotatable bonds is 2. The minimum absolute atomic E-state index is 0.0591. The van der Waals surface area contributed by atoms with Gasteiger partial charge in [0.2, 0.25) is 0 Å². The Bertz CT molecular complexity index is 507. The Hall–Kier alpha value is -0.410. The SMILES string of the molecule is OC(c1cc(Br)ccc1F)C12CC3CC(CC(C3)C1)C2. The molecule has 0 radical (unpaired) electrons. The van der Waals surface area contributed by atoms with E-state index in [2.05, 4.69) is 15.9 Å². The third-order valence-corrected chi connectivity index (χ3v) is 6.41. The smallest absolute Gasteiger partial charge is 0.129 e. The molecule has 0 spiro atoms. The van der Waals surface area contributed by atoms with Gasteiger partial charge in [0.25, 0.3) is 0 Å². The Labute approximate surface area is 127 Å². The van der Waals surface area contributed by atoms with Gasteiger partial charge >= 0.3 is 0 Å². The molecule has 0 heterocycles. The maximum atomic E-state index is 14.1. The van der Waals surface area contributed by atoms with Crippen LogP contribution in [0.25, 0.3) is 0 Å². The highest BCUT2D eigenvalue weighted by Gasteiger charge is 2.54. The summed E-state index contributed by atoms with van der Waals surface area (Å²) in [6.45, 7) is 0. The lowest BCUT2D eigenvalue weighted by atomic mass is 9.47. The largest absolute Gasteiger partial charge is 0.388 e. The number of benzene rings is 1. The molecule has 3 heteroatoms. The van der Waals surface area contributed by atoms with Crippen molar-refractivity contribution < 1.29 is 9.50 Å². The first-order chi connectivity index (χ1) is 9.56. The lowest BCUT2D eigenvalue weighted by molar-refractivity contribution is -0.123. The second-order valence-corrected chi connectivity index (χ2v) is 8.26. The zero-order valence-corrected chi connectivity index (χ0v) is 13.1. The number of aliphatic hydroxyl groups excluding tert-OH is 1. The highest BCUT2D eigenvalue weighted by molar-refractivity contribution is 9.10. The van der Waals surface area contributed by atoms with Crippen LogP contribution >= 0.6 is 15.9 Å². The number of hydrogen-bond donors (Lipinski definition) is 1. The van der Waals surface area contributed by atoms with Gasteiger partial charge in [-0.15, -0.1) is 0 Å². The third kappa shape index (κ3) is 1.97. The van der Waals surface area contributed by atoms with Gasteiger partial charge in [0.1, 0.15) is 5.82 Å². The van der Waals surface area contributed by atoms with E-state index in [4.69, 9.17) is 0 Å². The maximum Gasteiger partial charge on any atom is 0.129 e. The fourth-order valence-corrected chi connectivity index (χ4v) is 5.95. The van der Waals surface area contributed by atoms with Gasteiger partial charge in [-0.05, 0) is 74.5 Å². The minimum Gasteiger partial charge on any atom is -0.388 e. The zero-order valence-electron chi connectivity index (χ0n) is 11.5. The van der Waals surface area contributed by atoms with Crippen molar-refractivity contribution in [3.8, 4) is 0 Å². The lowest BCUT2D eigenvalue weighted by Gasteiger charge is -2.58. The quantitative estimate of drug-likeness (QED) is 0.818. The zero-order chi connectivity index (χ0) is 13.9. The molecule has 5 rings (SSSR count). The third-order valence-electron chi connectivity index (χ3n) is 5.92. The van der Waals surface area contributed by atoms with E-state index in [1.54, 1.807) is 12.1 Å². The van der Waals surface area contributed by atoms with Crippen molar-refractivity contribution in [2.45, 2.75) is 44.6 Å². The van der Waals surface area contributed by atoms with Gasteiger partial charge in [0.05, 0.1) is 6.10 Å². The van der Waals surface area contributed by atoms with Crippen LogP contribution < -0.4 is 0 Å². The Balaban J connectivity index is 1.71. The Morgan fingerprint density at radius 2 is 1.65 bits per heavy atom. The lowest BCUT2D eigenvalue weighted by Crippen LogP contribution is -2.49. The van der Waals surface area contributed by atoms with Crippen LogP contribution in [0.5, 0.6) is 0 Å². The van der Waals surface area contributed by atoms with Gasteiger partial charge in [0, 0.05) is 15.5 Å². The molecule has 4 saturated carbocycles. The molecule has 4 aliphatic rings. The van der Waals surface area contributed by atoms with E-state index in [-0.39, 0.29) is 11.2 Å². The van der Waals surface area contributed by atoms with Crippen LogP contribution in [0.4, 0.5) is 4.39 Å². The topological polar surface area (TPSA) is 20.2 Å². The van der Waals surface area contributed by atoms with Crippen molar-refractivity contribution in [1.82, 2.24) is 0 Å². The molecule has 1 nitrogen and oxygen atoms in total. The molecule has 108 valence electrons. The first-order valence-electron chi connectivity index (χ1n) is 7.69. The van der Waals surface area contributed by atoms with E-state index in [9.17, 15) is 9.50 Å². The minimum atomic E-state index is -0.645. The van der Waals surface area contributed by atoms with Gasteiger partial charge in [-0.3, -0.25) is 0 Å². The average Bonchev–Trinajstić information content (AvgIpc) is 2.39. The summed E-state index contributed by atoms with van der Waals surface area (Å²) in [5.41, 5.74) is 0.428. The van der Waals surface area contributed by atoms with Crippen LogP contribution in [0, 0.1) is 29.0 Å². The second-order valence-electron chi connectivity index (χ2n) is 7.35. The fraction of sp³-hybridized carbons (Fsp3) is 0.647. The summed E-state index contributed by atoms with van der Waals surface area (Å²) in [7, 11) is 0. The molecular formula is C17H20BrFO. The molecule has 20 heavy (non-hydrogen) atoms. The summed E-state index contributed by atoms with van der Waals surface area (Å²) in [5, 5.41) is 10.9. The summed E-state index contributed by atoms with van der Waals surface area (Å²) in [5.74, 6) is 2.04. The van der Waals surface area contributed by atoms with Crippen LogP contribution in [-0.4, -0.2) is 5.11 Å².